The number of fused-ring (bicyclic) bond motifs is 1. The van der Waals surface area contributed by atoms with Gasteiger partial charge in [-0.3, -0.25) is 9.48 Å². The second kappa shape index (κ2) is 7.65. The molecule has 1 aliphatic carbocycles. The molecule has 0 aliphatic heterocycles. The molecule has 1 saturated carbocycles. The fourth-order valence-corrected chi connectivity index (χ4v) is 3.96. The highest BCUT2D eigenvalue weighted by Crippen LogP contribution is 2.40. The first-order valence-corrected chi connectivity index (χ1v) is 10.8. The number of pyridine rings is 1. The topological polar surface area (TPSA) is 77.6 Å². The lowest BCUT2D eigenvalue weighted by atomic mass is 10.1. The van der Waals surface area contributed by atoms with Crippen LogP contribution in [0.3, 0.4) is 0 Å². The van der Waals surface area contributed by atoms with Gasteiger partial charge in [-0.2, -0.15) is 10.2 Å². The molecule has 7 heteroatoms. The van der Waals surface area contributed by atoms with Crippen LogP contribution in [-0.2, 0) is 6.54 Å². The summed E-state index contributed by atoms with van der Waals surface area (Å²) >= 11 is 0. The Morgan fingerprint density at radius 3 is 2.65 bits per heavy atom. The van der Waals surface area contributed by atoms with Crippen molar-refractivity contribution >= 4 is 16.9 Å². The van der Waals surface area contributed by atoms with E-state index in [0.717, 1.165) is 53.2 Å². The maximum Gasteiger partial charge on any atom is 0.252 e. The van der Waals surface area contributed by atoms with Crippen LogP contribution in [0.4, 0.5) is 0 Å². The van der Waals surface area contributed by atoms with E-state index in [-0.39, 0.29) is 11.9 Å². The van der Waals surface area contributed by atoms with E-state index in [0.29, 0.717) is 11.5 Å². The minimum Gasteiger partial charge on any atom is -0.344 e. The van der Waals surface area contributed by atoms with E-state index in [1.165, 1.54) is 0 Å². The van der Waals surface area contributed by atoms with Gasteiger partial charge >= 0.3 is 0 Å². The second-order valence-electron chi connectivity index (χ2n) is 8.19. The summed E-state index contributed by atoms with van der Waals surface area (Å²) in [4.78, 5) is 18.3. The van der Waals surface area contributed by atoms with Crippen molar-refractivity contribution in [2.75, 3.05) is 0 Å². The molecule has 1 aliphatic rings. The van der Waals surface area contributed by atoms with E-state index in [1.54, 1.807) is 0 Å². The molecule has 3 heterocycles. The number of rotatable bonds is 6. The molecule has 1 fully saturated rings. The molecule has 158 valence electrons. The van der Waals surface area contributed by atoms with E-state index in [1.807, 2.05) is 78.8 Å². The zero-order valence-electron chi connectivity index (χ0n) is 18.0. The van der Waals surface area contributed by atoms with E-state index in [9.17, 15) is 4.79 Å². The van der Waals surface area contributed by atoms with Crippen molar-refractivity contribution in [2.24, 2.45) is 0 Å². The van der Waals surface area contributed by atoms with Crippen LogP contribution in [-0.4, -0.2) is 30.5 Å². The van der Waals surface area contributed by atoms with Gasteiger partial charge in [-0.05, 0) is 57.9 Å². The number of carbonyl (C=O) groups is 1. The van der Waals surface area contributed by atoms with Crippen molar-refractivity contribution < 1.29 is 4.79 Å². The quantitative estimate of drug-likeness (QED) is 0.510. The number of nitrogens with zero attached hydrogens (tertiary/aromatic N) is 5. The predicted octanol–water partition coefficient (Wildman–Crippen LogP) is 4.31. The Bertz CT molecular complexity index is 1250. The highest BCUT2D eigenvalue weighted by atomic mass is 16.1. The maximum atomic E-state index is 13.4. The van der Waals surface area contributed by atoms with Crippen molar-refractivity contribution in [3.8, 4) is 5.69 Å². The number of carbonyl (C=O) groups excluding carboxylic acids is 1. The Balaban J connectivity index is 1.57. The van der Waals surface area contributed by atoms with Gasteiger partial charge in [0.25, 0.3) is 5.91 Å². The smallest absolute Gasteiger partial charge is 0.252 e. The van der Waals surface area contributed by atoms with Gasteiger partial charge in [-0.15, -0.1) is 0 Å². The Hall–Kier alpha value is -3.48. The predicted molar refractivity (Wildman–Crippen MR) is 119 cm³/mol. The van der Waals surface area contributed by atoms with Crippen LogP contribution >= 0.6 is 0 Å². The normalized spacial score (nSPS) is 14.7. The highest BCUT2D eigenvalue weighted by molar-refractivity contribution is 6.07. The number of para-hydroxylation sites is 1. The Labute approximate surface area is 181 Å². The first kappa shape index (κ1) is 19.5. The van der Waals surface area contributed by atoms with Crippen LogP contribution in [0.1, 0.15) is 66.1 Å². The van der Waals surface area contributed by atoms with Crippen LogP contribution in [0.5, 0.6) is 0 Å². The molecule has 31 heavy (non-hydrogen) atoms. The van der Waals surface area contributed by atoms with E-state index < -0.39 is 0 Å². The van der Waals surface area contributed by atoms with Gasteiger partial charge in [0, 0.05) is 24.4 Å². The number of hydrogen-bond donors (Lipinski definition) is 1. The minimum absolute atomic E-state index is 0.122. The van der Waals surface area contributed by atoms with E-state index in [2.05, 4.69) is 10.4 Å². The molecule has 1 atom stereocenters. The van der Waals surface area contributed by atoms with E-state index >= 15 is 0 Å². The standard InChI is InChI=1S/C24H26N6O/c1-4-29-13-12-20(28-29)15(2)25-24(31)19-14-21(17-10-11-17)26-23-22(19)16(3)27-30(23)18-8-6-5-7-9-18/h5-9,12-15,17H,4,10-11H2,1-3H3,(H,25,31)/t15-/m0/s1. The summed E-state index contributed by atoms with van der Waals surface area (Å²) in [6, 6.07) is 13.7. The van der Waals surface area contributed by atoms with E-state index in [4.69, 9.17) is 10.1 Å². The summed E-state index contributed by atoms with van der Waals surface area (Å²) in [6.07, 6.45) is 4.16. The van der Waals surface area contributed by atoms with Gasteiger partial charge in [0.2, 0.25) is 0 Å². The first-order valence-electron chi connectivity index (χ1n) is 10.8. The number of amides is 1. The summed E-state index contributed by atoms with van der Waals surface area (Å²) < 4.78 is 3.71. The van der Waals surface area contributed by atoms with Gasteiger partial charge in [0.15, 0.2) is 5.65 Å². The lowest BCUT2D eigenvalue weighted by Crippen LogP contribution is -2.27. The molecule has 0 unspecified atom stereocenters. The fourth-order valence-electron chi connectivity index (χ4n) is 3.96. The third kappa shape index (κ3) is 3.60. The Morgan fingerprint density at radius 2 is 1.97 bits per heavy atom. The van der Waals surface area contributed by atoms with Crippen LogP contribution in [0, 0.1) is 6.92 Å². The molecule has 3 aromatic heterocycles. The average molecular weight is 415 g/mol. The number of benzene rings is 1. The summed E-state index contributed by atoms with van der Waals surface area (Å²) in [7, 11) is 0. The van der Waals surface area contributed by atoms with Crippen LogP contribution in [0.15, 0.2) is 48.7 Å². The molecule has 4 aromatic rings. The SMILES string of the molecule is CCn1ccc([C@H](C)NC(=O)c2cc(C3CC3)nc3c2c(C)nn3-c2ccccc2)n1. The Kier molecular flexibility index (Phi) is 4.81. The third-order valence-electron chi connectivity index (χ3n) is 5.85. The van der Waals surface area contributed by atoms with Crippen LogP contribution in [0.25, 0.3) is 16.7 Å². The van der Waals surface area contributed by atoms with Crippen molar-refractivity contribution in [2.45, 2.75) is 52.1 Å². The minimum atomic E-state index is -0.197. The van der Waals surface area contributed by atoms with Crippen LogP contribution in [0.2, 0.25) is 0 Å². The monoisotopic (exact) mass is 414 g/mol. The molecular weight excluding hydrogens is 388 g/mol. The van der Waals surface area contributed by atoms with Crippen molar-refractivity contribution in [1.82, 2.24) is 29.9 Å². The summed E-state index contributed by atoms with van der Waals surface area (Å²) in [5.74, 6) is 0.302. The molecule has 0 bridgehead atoms. The maximum absolute atomic E-state index is 13.4. The molecule has 0 radical (unpaired) electrons. The van der Waals surface area contributed by atoms with Crippen molar-refractivity contribution in [3.63, 3.8) is 0 Å². The van der Waals surface area contributed by atoms with Gasteiger partial charge in [-0.1, -0.05) is 18.2 Å². The number of hydrogen-bond acceptors (Lipinski definition) is 4. The van der Waals surface area contributed by atoms with Gasteiger partial charge in [-0.25, -0.2) is 9.67 Å². The summed E-state index contributed by atoms with van der Waals surface area (Å²) in [5, 5.41) is 13.2. The first-order chi connectivity index (χ1) is 15.0. The zero-order valence-corrected chi connectivity index (χ0v) is 18.0. The fraction of sp³-hybridized carbons (Fsp3) is 0.333. The second-order valence-corrected chi connectivity index (χ2v) is 8.19. The van der Waals surface area contributed by atoms with Gasteiger partial charge < -0.3 is 5.32 Å². The average Bonchev–Trinajstić information content (AvgIpc) is 3.43. The molecule has 5 rings (SSSR count). The number of aryl methyl sites for hydroxylation is 2. The molecular formula is C24H26N6O. The van der Waals surface area contributed by atoms with Crippen molar-refractivity contribution in [1.29, 1.82) is 0 Å². The largest absolute Gasteiger partial charge is 0.344 e. The summed E-state index contributed by atoms with van der Waals surface area (Å²) in [5.41, 5.74) is 4.92. The number of nitrogens with one attached hydrogen (secondary N) is 1. The molecule has 0 spiro atoms. The molecule has 7 nitrogen and oxygen atoms in total. The molecule has 0 saturated heterocycles. The van der Waals surface area contributed by atoms with Gasteiger partial charge in [0.1, 0.15) is 0 Å². The Morgan fingerprint density at radius 1 is 1.19 bits per heavy atom. The highest BCUT2D eigenvalue weighted by Gasteiger charge is 2.29. The lowest BCUT2D eigenvalue weighted by molar-refractivity contribution is 0.0940. The lowest BCUT2D eigenvalue weighted by Gasteiger charge is -2.13. The number of aromatic nitrogens is 5. The summed E-state index contributed by atoms with van der Waals surface area (Å²) in [6.45, 7) is 6.73. The molecule has 1 N–H and O–H groups in total. The van der Waals surface area contributed by atoms with Crippen molar-refractivity contribution in [3.05, 3.63) is 71.3 Å². The molecule has 1 aromatic carbocycles. The zero-order chi connectivity index (χ0) is 21.5. The van der Waals surface area contributed by atoms with Gasteiger partial charge in [0.05, 0.1) is 34.1 Å². The molecule has 1 amide bonds. The van der Waals surface area contributed by atoms with Crippen LogP contribution < -0.4 is 5.32 Å². The third-order valence-corrected chi connectivity index (χ3v) is 5.85.